The summed E-state index contributed by atoms with van der Waals surface area (Å²) in [6.45, 7) is 7.86. The smallest absolute Gasteiger partial charge is 0.223 e. The van der Waals surface area contributed by atoms with Gasteiger partial charge in [-0.25, -0.2) is 0 Å². The number of morpholine rings is 1. The second-order valence-electron chi connectivity index (χ2n) is 5.94. The minimum atomic E-state index is 0. The first kappa shape index (κ1) is 21.2. The van der Waals surface area contributed by atoms with Crippen LogP contribution in [0.3, 0.4) is 0 Å². The van der Waals surface area contributed by atoms with Crippen LogP contribution in [-0.2, 0) is 9.53 Å². The van der Waals surface area contributed by atoms with Crippen LogP contribution in [0.5, 0.6) is 0 Å². The van der Waals surface area contributed by atoms with Gasteiger partial charge >= 0.3 is 0 Å². The summed E-state index contributed by atoms with van der Waals surface area (Å²) in [6, 6.07) is 7.98. The SMILES string of the molecule is CCC(CC)C(=O)NCC(c1ccccc1Cl)N1CCOCC1.Cl. The van der Waals surface area contributed by atoms with Crippen LogP contribution in [0, 0.1) is 5.92 Å². The maximum absolute atomic E-state index is 12.3. The number of rotatable bonds is 7. The molecule has 1 N–H and O–H groups in total. The Morgan fingerprint density at radius 1 is 1.25 bits per heavy atom. The first-order valence-electron chi connectivity index (χ1n) is 8.51. The summed E-state index contributed by atoms with van der Waals surface area (Å²) in [5.41, 5.74) is 1.07. The van der Waals surface area contributed by atoms with E-state index in [1.54, 1.807) is 0 Å². The Balaban J connectivity index is 0.00000288. The van der Waals surface area contributed by atoms with E-state index >= 15 is 0 Å². The van der Waals surface area contributed by atoms with Crippen LogP contribution in [0.25, 0.3) is 0 Å². The Labute approximate surface area is 156 Å². The fraction of sp³-hybridized carbons (Fsp3) is 0.611. The molecule has 1 aliphatic heterocycles. The Kier molecular flexibility index (Phi) is 9.67. The van der Waals surface area contributed by atoms with Gasteiger partial charge in [0.15, 0.2) is 0 Å². The topological polar surface area (TPSA) is 41.6 Å². The van der Waals surface area contributed by atoms with Crippen LogP contribution in [-0.4, -0.2) is 43.7 Å². The van der Waals surface area contributed by atoms with Crippen molar-refractivity contribution >= 4 is 29.9 Å². The second kappa shape index (κ2) is 10.9. The second-order valence-corrected chi connectivity index (χ2v) is 6.35. The van der Waals surface area contributed by atoms with Gasteiger partial charge in [-0.05, 0) is 24.5 Å². The van der Waals surface area contributed by atoms with Crippen molar-refractivity contribution in [3.63, 3.8) is 0 Å². The summed E-state index contributed by atoms with van der Waals surface area (Å²) in [5.74, 6) is 0.229. The number of nitrogens with zero attached hydrogens (tertiary/aromatic N) is 1. The van der Waals surface area contributed by atoms with Crippen LogP contribution < -0.4 is 5.32 Å². The highest BCUT2D eigenvalue weighted by atomic mass is 35.5. The van der Waals surface area contributed by atoms with Gasteiger partial charge in [0.2, 0.25) is 5.91 Å². The Bertz CT molecular complexity index is 504. The van der Waals surface area contributed by atoms with Gasteiger partial charge in [0, 0.05) is 30.6 Å². The lowest BCUT2D eigenvalue weighted by atomic mass is 10.0. The molecule has 2 rings (SSSR count). The van der Waals surface area contributed by atoms with E-state index in [2.05, 4.69) is 24.1 Å². The molecule has 136 valence electrons. The summed E-state index contributed by atoms with van der Waals surface area (Å²) in [5, 5.41) is 3.88. The minimum Gasteiger partial charge on any atom is -0.379 e. The lowest BCUT2D eigenvalue weighted by molar-refractivity contribution is -0.125. The molecule has 0 aromatic heterocycles. The molecular formula is C18H28Cl2N2O2. The van der Waals surface area contributed by atoms with Crippen LogP contribution in [0.15, 0.2) is 24.3 Å². The highest BCUT2D eigenvalue weighted by Crippen LogP contribution is 2.28. The zero-order chi connectivity index (χ0) is 16.7. The molecule has 1 aromatic carbocycles. The molecule has 0 spiro atoms. The number of ether oxygens (including phenoxy) is 1. The van der Waals surface area contributed by atoms with Crippen molar-refractivity contribution in [1.82, 2.24) is 10.2 Å². The molecule has 0 aliphatic carbocycles. The van der Waals surface area contributed by atoms with Crippen LogP contribution >= 0.6 is 24.0 Å². The van der Waals surface area contributed by atoms with Gasteiger partial charge in [-0.3, -0.25) is 9.69 Å². The summed E-state index contributed by atoms with van der Waals surface area (Å²) >= 11 is 6.40. The van der Waals surface area contributed by atoms with E-state index in [-0.39, 0.29) is 30.3 Å². The molecule has 1 saturated heterocycles. The molecule has 1 unspecified atom stereocenters. The van der Waals surface area contributed by atoms with Crippen molar-refractivity contribution in [1.29, 1.82) is 0 Å². The van der Waals surface area contributed by atoms with Crippen LogP contribution in [0.4, 0.5) is 0 Å². The summed E-state index contributed by atoms with van der Waals surface area (Å²) in [6.07, 6.45) is 1.74. The van der Waals surface area contributed by atoms with Crippen LogP contribution in [0.1, 0.15) is 38.3 Å². The Morgan fingerprint density at radius 2 is 1.88 bits per heavy atom. The zero-order valence-corrected chi connectivity index (χ0v) is 16.0. The zero-order valence-electron chi connectivity index (χ0n) is 14.5. The summed E-state index contributed by atoms with van der Waals surface area (Å²) < 4.78 is 5.45. The number of amides is 1. The average Bonchev–Trinajstić information content (AvgIpc) is 2.58. The molecular weight excluding hydrogens is 347 g/mol. The van der Waals surface area contributed by atoms with Crippen molar-refractivity contribution in [3.8, 4) is 0 Å². The van der Waals surface area contributed by atoms with Gasteiger partial charge in [-0.15, -0.1) is 12.4 Å². The van der Waals surface area contributed by atoms with Crippen molar-refractivity contribution in [2.24, 2.45) is 5.92 Å². The molecule has 1 aromatic rings. The molecule has 24 heavy (non-hydrogen) atoms. The molecule has 0 bridgehead atoms. The maximum Gasteiger partial charge on any atom is 0.223 e. The molecule has 0 radical (unpaired) electrons. The molecule has 1 atom stereocenters. The lowest BCUT2D eigenvalue weighted by Crippen LogP contribution is -2.44. The molecule has 1 heterocycles. The predicted octanol–water partition coefficient (Wildman–Crippen LogP) is 3.69. The summed E-state index contributed by atoms with van der Waals surface area (Å²) in [7, 11) is 0. The van der Waals surface area contributed by atoms with E-state index in [1.807, 2.05) is 24.3 Å². The van der Waals surface area contributed by atoms with Gasteiger partial charge in [0.1, 0.15) is 0 Å². The van der Waals surface area contributed by atoms with Gasteiger partial charge in [0.25, 0.3) is 0 Å². The number of hydrogen-bond acceptors (Lipinski definition) is 3. The van der Waals surface area contributed by atoms with E-state index in [0.29, 0.717) is 6.54 Å². The Hall–Kier alpha value is -0.810. The number of halogens is 2. The summed E-state index contributed by atoms with van der Waals surface area (Å²) in [4.78, 5) is 14.7. The molecule has 1 amide bonds. The molecule has 4 nitrogen and oxygen atoms in total. The fourth-order valence-electron chi connectivity index (χ4n) is 3.07. The number of hydrogen-bond donors (Lipinski definition) is 1. The first-order chi connectivity index (χ1) is 11.2. The minimum absolute atomic E-state index is 0. The monoisotopic (exact) mass is 374 g/mol. The van der Waals surface area contributed by atoms with E-state index in [0.717, 1.165) is 49.7 Å². The highest BCUT2D eigenvalue weighted by Gasteiger charge is 2.25. The number of carbonyl (C=O) groups excluding carboxylic acids is 1. The Morgan fingerprint density at radius 3 is 2.46 bits per heavy atom. The quantitative estimate of drug-likeness (QED) is 0.790. The van der Waals surface area contributed by atoms with E-state index in [9.17, 15) is 4.79 Å². The normalized spacial score (nSPS) is 16.5. The van der Waals surface area contributed by atoms with Crippen molar-refractivity contribution < 1.29 is 9.53 Å². The largest absolute Gasteiger partial charge is 0.379 e. The molecule has 1 aliphatic rings. The van der Waals surface area contributed by atoms with Crippen molar-refractivity contribution in [3.05, 3.63) is 34.9 Å². The van der Waals surface area contributed by atoms with E-state index in [4.69, 9.17) is 16.3 Å². The van der Waals surface area contributed by atoms with Crippen molar-refractivity contribution in [2.45, 2.75) is 32.7 Å². The maximum atomic E-state index is 12.3. The third-order valence-electron chi connectivity index (χ3n) is 4.58. The number of nitrogens with one attached hydrogen (secondary N) is 1. The predicted molar refractivity (Wildman–Crippen MR) is 101 cm³/mol. The lowest BCUT2D eigenvalue weighted by Gasteiger charge is -2.35. The van der Waals surface area contributed by atoms with Gasteiger partial charge < -0.3 is 10.1 Å². The molecule has 1 fully saturated rings. The van der Waals surface area contributed by atoms with Crippen LogP contribution in [0.2, 0.25) is 5.02 Å². The fourth-order valence-corrected chi connectivity index (χ4v) is 3.33. The third-order valence-corrected chi connectivity index (χ3v) is 4.92. The van der Waals surface area contributed by atoms with E-state index in [1.165, 1.54) is 0 Å². The van der Waals surface area contributed by atoms with Crippen molar-refractivity contribution in [2.75, 3.05) is 32.8 Å². The average molecular weight is 375 g/mol. The standard InChI is InChI=1S/C18H27ClN2O2.ClH/c1-3-14(4-2)18(22)20-13-17(21-9-11-23-12-10-21)15-7-5-6-8-16(15)19;/h5-8,14,17H,3-4,9-13H2,1-2H3,(H,20,22);1H. The highest BCUT2D eigenvalue weighted by molar-refractivity contribution is 6.31. The van der Waals surface area contributed by atoms with Gasteiger partial charge in [0.05, 0.1) is 19.3 Å². The van der Waals surface area contributed by atoms with Gasteiger partial charge in [-0.1, -0.05) is 43.6 Å². The molecule has 6 heteroatoms. The number of benzene rings is 1. The van der Waals surface area contributed by atoms with Gasteiger partial charge in [-0.2, -0.15) is 0 Å². The molecule has 0 saturated carbocycles. The third kappa shape index (κ3) is 5.62. The first-order valence-corrected chi connectivity index (χ1v) is 8.89. The number of carbonyl (C=O) groups is 1. The van der Waals surface area contributed by atoms with E-state index < -0.39 is 0 Å².